The molecule has 0 radical (unpaired) electrons. The number of aromatic nitrogens is 3. The highest BCUT2D eigenvalue weighted by molar-refractivity contribution is 6.35. The van der Waals surface area contributed by atoms with Gasteiger partial charge in [-0.05, 0) is 33.6 Å². The lowest BCUT2D eigenvalue weighted by atomic mass is 10.1. The summed E-state index contributed by atoms with van der Waals surface area (Å²) in [7, 11) is 1.40. The van der Waals surface area contributed by atoms with Crippen molar-refractivity contribution in [1.82, 2.24) is 20.0 Å². The van der Waals surface area contributed by atoms with Gasteiger partial charge in [0.05, 0.1) is 18.4 Å². The molecular formula is C17H22ClN5O3. The Labute approximate surface area is 156 Å². The van der Waals surface area contributed by atoms with E-state index in [0.717, 1.165) is 24.1 Å². The molecule has 26 heavy (non-hydrogen) atoms. The van der Waals surface area contributed by atoms with Crippen molar-refractivity contribution in [2.24, 2.45) is 0 Å². The van der Waals surface area contributed by atoms with E-state index in [1.54, 1.807) is 4.90 Å². The van der Waals surface area contributed by atoms with Crippen LogP contribution in [0.3, 0.4) is 0 Å². The lowest BCUT2D eigenvalue weighted by Crippen LogP contribution is -2.42. The number of likely N-dealkylation sites (tertiary alicyclic amines) is 1. The van der Waals surface area contributed by atoms with E-state index in [0.29, 0.717) is 41.2 Å². The molecule has 0 unspecified atom stereocenters. The Hall–Kier alpha value is -2.35. The largest absolute Gasteiger partial charge is 0.453 e. The van der Waals surface area contributed by atoms with Crippen molar-refractivity contribution >= 4 is 23.5 Å². The number of aryl methyl sites for hydroxylation is 3. The molecule has 1 aliphatic rings. The van der Waals surface area contributed by atoms with Crippen LogP contribution in [0.5, 0.6) is 0 Å². The monoisotopic (exact) mass is 379 g/mol. The van der Waals surface area contributed by atoms with Gasteiger partial charge in [0.15, 0.2) is 0 Å². The number of amides is 1. The van der Waals surface area contributed by atoms with Gasteiger partial charge in [-0.15, -0.1) is 0 Å². The second kappa shape index (κ2) is 7.49. The maximum Gasteiger partial charge on any atom is 0.409 e. The quantitative estimate of drug-likeness (QED) is 0.873. The molecule has 1 saturated heterocycles. The lowest BCUT2D eigenvalue weighted by molar-refractivity contribution is 0.113. The number of halogens is 1. The van der Waals surface area contributed by atoms with Crippen LogP contribution in [-0.4, -0.2) is 52.4 Å². The van der Waals surface area contributed by atoms with E-state index in [2.05, 4.69) is 20.4 Å². The van der Waals surface area contributed by atoms with Crippen molar-refractivity contribution in [2.75, 3.05) is 25.5 Å². The Morgan fingerprint density at radius 3 is 2.54 bits per heavy atom. The van der Waals surface area contributed by atoms with Crippen molar-refractivity contribution in [1.29, 1.82) is 0 Å². The molecule has 1 fully saturated rings. The summed E-state index contributed by atoms with van der Waals surface area (Å²) in [6.07, 6.45) is 1.28. The number of methoxy groups -OCH3 is 1. The van der Waals surface area contributed by atoms with E-state index in [-0.39, 0.29) is 12.1 Å². The maximum absolute atomic E-state index is 11.6. The number of hydrogen-bond donors (Lipinski definition) is 1. The third-order valence-corrected chi connectivity index (χ3v) is 4.86. The summed E-state index contributed by atoms with van der Waals surface area (Å²) in [5, 5.41) is 7.82. The first-order valence-corrected chi connectivity index (χ1v) is 8.85. The fourth-order valence-electron chi connectivity index (χ4n) is 3.17. The molecule has 3 heterocycles. The molecule has 140 valence electrons. The zero-order valence-electron chi connectivity index (χ0n) is 15.3. The van der Waals surface area contributed by atoms with E-state index in [1.165, 1.54) is 7.11 Å². The van der Waals surface area contributed by atoms with E-state index in [9.17, 15) is 4.79 Å². The van der Waals surface area contributed by atoms with Gasteiger partial charge in [-0.25, -0.2) is 14.8 Å². The van der Waals surface area contributed by atoms with E-state index in [4.69, 9.17) is 20.9 Å². The number of hydrogen-bond acceptors (Lipinski definition) is 7. The minimum absolute atomic E-state index is 0.167. The van der Waals surface area contributed by atoms with Crippen LogP contribution in [0.1, 0.15) is 30.1 Å². The number of piperidine rings is 1. The van der Waals surface area contributed by atoms with Crippen LogP contribution in [0.4, 0.5) is 10.6 Å². The molecule has 2 aromatic heterocycles. The minimum Gasteiger partial charge on any atom is -0.453 e. The van der Waals surface area contributed by atoms with Crippen LogP contribution in [0, 0.1) is 20.8 Å². The van der Waals surface area contributed by atoms with E-state index >= 15 is 0 Å². The van der Waals surface area contributed by atoms with Crippen LogP contribution in [0.25, 0.3) is 11.3 Å². The minimum atomic E-state index is -0.292. The summed E-state index contributed by atoms with van der Waals surface area (Å²) in [5.41, 5.74) is 2.15. The fraction of sp³-hybridized carbons (Fsp3) is 0.529. The zero-order chi connectivity index (χ0) is 18.8. The highest BCUT2D eigenvalue weighted by atomic mass is 35.5. The van der Waals surface area contributed by atoms with E-state index < -0.39 is 0 Å². The first kappa shape index (κ1) is 18.4. The predicted octanol–water partition coefficient (Wildman–Crippen LogP) is 3.35. The summed E-state index contributed by atoms with van der Waals surface area (Å²) in [4.78, 5) is 22.2. The van der Waals surface area contributed by atoms with E-state index in [1.807, 2.05) is 20.8 Å². The number of carbonyl (C=O) groups excluding carboxylic acids is 1. The molecule has 2 aromatic rings. The van der Waals surface area contributed by atoms with Crippen molar-refractivity contribution in [3.05, 3.63) is 22.3 Å². The molecule has 9 heteroatoms. The molecule has 0 bridgehead atoms. The average molecular weight is 380 g/mol. The standard InChI is InChI=1S/C17H22ClN5O3/c1-9-13(10(2)26-22-9)15-14(18)16(20-11(3)19-15)21-12-5-7-23(8-6-12)17(24)25-4/h12H,5-8H2,1-4H3,(H,19,20,21). The lowest BCUT2D eigenvalue weighted by Gasteiger charge is -2.31. The molecule has 1 amide bonds. The Balaban J connectivity index is 1.81. The van der Waals surface area contributed by atoms with Crippen LogP contribution in [0.15, 0.2) is 4.52 Å². The van der Waals surface area contributed by atoms with Crippen LogP contribution >= 0.6 is 11.6 Å². The predicted molar refractivity (Wildman–Crippen MR) is 97.4 cm³/mol. The summed E-state index contributed by atoms with van der Waals surface area (Å²) >= 11 is 6.60. The first-order chi connectivity index (χ1) is 12.4. The molecular weight excluding hydrogens is 358 g/mol. The smallest absolute Gasteiger partial charge is 0.409 e. The molecule has 1 N–H and O–H groups in total. The van der Waals surface area contributed by atoms with Crippen molar-refractivity contribution in [3.8, 4) is 11.3 Å². The summed E-state index contributed by atoms with van der Waals surface area (Å²) in [6.45, 7) is 6.77. The number of nitrogens with one attached hydrogen (secondary N) is 1. The third-order valence-electron chi connectivity index (χ3n) is 4.50. The number of ether oxygens (including phenoxy) is 1. The third kappa shape index (κ3) is 3.60. The number of anilines is 1. The van der Waals surface area contributed by atoms with Crippen molar-refractivity contribution in [2.45, 2.75) is 39.7 Å². The summed E-state index contributed by atoms with van der Waals surface area (Å²) < 4.78 is 10.0. The number of carbonyl (C=O) groups is 1. The van der Waals surface area contributed by atoms with Gasteiger partial charge in [0.25, 0.3) is 0 Å². The van der Waals surface area contributed by atoms with Gasteiger partial charge in [0.1, 0.15) is 28.1 Å². The van der Waals surface area contributed by atoms with Crippen LogP contribution < -0.4 is 5.32 Å². The van der Waals surface area contributed by atoms with Gasteiger partial charge in [-0.2, -0.15) is 0 Å². The molecule has 0 atom stereocenters. The number of nitrogens with zero attached hydrogens (tertiary/aromatic N) is 4. The Bertz CT molecular complexity index is 795. The topological polar surface area (TPSA) is 93.4 Å². The van der Waals surface area contributed by atoms with Gasteiger partial charge >= 0.3 is 6.09 Å². The summed E-state index contributed by atoms with van der Waals surface area (Å²) in [6, 6.07) is 0.167. The van der Waals surface area contributed by atoms with Gasteiger partial charge in [-0.3, -0.25) is 0 Å². The molecule has 3 rings (SSSR count). The second-order valence-electron chi connectivity index (χ2n) is 6.36. The Morgan fingerprint density at radius 1 is 1.27 bits per heavy atom. The molecule has 0 aromatic carbocycles. The SMILES string of the molecule is COC(=O)N1CCC(Nc2nc(C)nc(-c3c(C)noc3C)c2Cl)CC1. The first-order valence-electron chi connectivity index (χ1n) is 8.47. The van der Waals surface area contributed by atoms with Crippen LogP contribution in [0.2, 0.25) is 5.02 Å². The highest BCUT2D eigenvalue weighted by Gasteiger charge is 2.25. The highest BCUT2D eigenvalue weighted by Crippen LogP contribution is 2.35. The van der Waals surface area contributed by atoms with Gasteiger partial charge in [-0.1, -0.05) is 16.8 Å². The molecule has 1 aliphatic heterocycles. The molecule has 8 nitrogen and oxygen atoms in total. The molecule has 0 saturated carbocycles. The summed E-state index contributed by atoms with van der Waals surface area (Å²) in [5.74, 6) is 1.87. The normalized spacial score (nSPS) is 15.2. The van der Waals surface area contributed by atoms with Crippen molar-refractivity contribution in [3.63, 3.8) is 0 Å². The Morgan fingerprint density at radius 2 is 1.96 bits per heavy atom. The Kier molecular flexibility index (Phi) is 5.31. The van der Waals surface area contributed by atoms with Crippen molar-refractivity contribution < 1.29 is 14.1 Å². The number of rotatable bonds is 3. The van der Waals surface area contributed by atoms with Crippen LogP contribution in [-0.2, 0) is 4.74 Å². The maximum atomic E-state index is 11.6. The zero-order valence-corrected chi connectivity index (χ0v) is 16.1. The fourth-order valence-corrected chi connectivity index (χ4v) is 3.40. The second-order valence-corrected chi connectivity index (χ2v) is 6.73. The van der Waals surface area contributed by atoms with Gasteiger partial charge < -0.3 is 19.5 Å². The van der Waals surface area contributed by atoms with Gasteiger partial charge in [0.2, 0.25) is 0 Å². The van der Waals surface area contributed by atoms with Gasteiger partial charge in [0, 0.05) is 19.1 Å². The molecule has 0 spiro atoms. The average Bonchev–Trinajstić information content (AvgIpc) is 2.96. The molecule has 0 aliphatic carbocycles.